The molecule has 7 nitrogen and oxygen atoms in total. The highest BCUT2D eigenvalue weighted by Crippen LogP contribution is 2.33. The Morgan fingerprint density at radius 2 is 1.72 bits per heavy atom. The maximum absolute atomic E-state index is 12.4. The lowest BCUT2D eigenvalue weighted by Crippen LogP contribution is -2.41. The number of para-hydroxylation sites is 1. The first kappa shape index (κ1) is 23.6. The number of nitrogens with zero attached hydrogens (tertiary/aromatic N) is 2. The van der Waals surface area contributed by atoms with Crippen LogP contribution in [0.15, 0.2) is 72.8 Å². The monoisotopic (exact) mass is 484 g/mol. The molecule has 1 aliphatic heterocycles. The number of fused-ring (bicyclic) bond motifs is 1. The van der Waals surface area contributed by atoms with Crippen molar-refractivity contribution in [3.63, 3.8) is 0 Å². The number of aromatic nitrogens is 1. The molecule has 1 aromatic heterocycles. The molecule has 3 aromatic carbocycles. The van der Waals surface area contributed by atoms with Gasteiger partial charge in [0.05, 0.1) is 30.6 Å². The van der Waals surface area contributed by atoms with Gasteiger partial charge in [0.15, 0.2) is 0 Å². The summed E-state index contributed by atoms with van der Waals surface area (Å²) in [6.45, 7) is 3.75. The van der Waals surface area contributed by atoms with Crippen molar-refractivity contribution in [2.75, 3.05) is 31.8 Å². The van der Waals surface area contributed by atoms with Crippen molar-refractivity contribution >= 4 is 22.5 Å². The number of carbonyl (C=O) groups excluding carboxylic acids is 1. The number of amides is 1. The second kappa shape index (κ2) is 10.7. The van der Waals surface area contributed by atoms with Crippen molar-refractivity contribution < 1.29 is 23.7 Å². The summed E-state index contributed by atoms with van der Waals surface area (Å²) >= 11 is 0. The third-order valence-corrected chi connectivity index (χ3v) is 6.18. The second-order valence-corrected chi connectivity index (χ2v) is 8.56. The lowest BCUT2D eigenvalue weighted by molar-refractivity contribution is -0.125. The summed E-state index contributed by atoms with van der Waals surface area (Å²) in [7, 11) is 1.59. The van der Waals surface area contributed by atoms with Crippen LogP contribution in [0.4, 0.5) is 5.69 Å². The van der Waals surface area contributed by atoms with Crippen molar-refractivity contribution in [2.24, 2.45) is 0 Å². The standard InChI is InChI=1S/C29H28N2O5/c1-20-27(18-35-24-15-22(14-23(16-24)33-2)31-12-13-34-19-28(31)32)30-26-11-7-6-10-25(26)29(20)36-17-21-8-4-3-5-9-21/h3-11,14-16H,12-13,17-19H2,1-2H3. The van der Waals surface area contributed by atoms with Gasteiger partial charge in [-0.05, 0) is 24.6 Å². The smallest absolute Gasteiger partial charge is 0.253 e. The molecule has 1 saturated heterocycles. The number of methoxy groups -OCH3 is 1. The van der Waals surface area contributed by atoms with E-state index >= 15 is 0 Å². The molecule has 0 unspecified atom stereocenters. The van der Waals surface area contributed by atoms with Gasteiger partial charge in [0, 0.05) is 35.7 Å². The molecule has 7 heteroatoms. The predicted molar refractivity (Wildman–Crippen MR) is 138 cm³/mol. The number of anilines is 1. The summed E-state index contributed by atoms with van der Waals surface area (Å²) in [5, 5.41) is 0.962. The van der Waals surface area contributed by atoms with E-state index in [4.69, 9.17) is 23.9 Å². The van der Waals surface area contributed by atoms with E-state index in [9.17, 15) is 4.79 Å². The Morgan fingerprint density at radius 3 is 2.53 bits per heavy atom. The zero-order valence-electron chi connectivity index (χ0n) is 20.4. The molecule has 36 heavy (non-hydrogen) atoms. The Balaban J connectivity index is 1.42. The van der Waals surface area contributed by atoms with Crippen LogP contribution in [-0.4, -0.2) is 37.8 Å². The van der Waals surface area contributed by atoms with Crippen LogP contribution < -0.4 is 19.1 Å². The van der Waals surface area contributed by atoms with Gasteiger partial charge < -0.3 is 23.8 Å². The first-order valence-electron chi connectivity index (χ1n) is 11.9. The third-order valence-electron chi connectivity index (χ3n) is 6.18. The Kier molecular flexibility index (Phi) is 7.00. The van der Waals surface area contributed by atoms with Crippen LogP contribution in [0.2, 0.25) is 0 Å². The van der Waals surface area contributed by atoms with Crippen LogP contribution in [0.5, 0.6) is 17.2 Å². The van der Waals surface area contributed by atoms with E-state index in [-0.39, 0.29) is 19.1 Å². The van der Waals surface area contributed by atoms with Crippen molar-refractivity contribution in [1.29, 1.82) is 0 Å². The SMILES string of the molecule is COc1cc(OCc2nc3ccccc3c(OCc3ccccc3)c2C)cc(N2CCOCC2=O)c1. The van der Waals surface area contributed by atoms with E-state index in [1.165, 1.54) is 0 Å². The largest absolute Gasteiger partial charge is 0.497 e. The summed E-state index contributed by atoms with van der Waals surface area (Å²) in [5.41, 5.74) is 4.36. The van der Waals surface area contributed by atoms with E-state index in [2.05, 4.69) is 0 Å². The van der Waals surface area contributed by atoms with Crippen molar-refractivity contribution in [3.8, 4) is 17.2 Å². The van der Waals surface area contributed by atoms with Crippen molar-refractivity contribution in [1.82, 2.24) is 4.98 Å². The van der Waals surface area contributed by atoms with Gasteiger partial charge in [0.1, 0.15) is 37.1 Å². The summed E-state index contributed by atoms with van der Waals surface area (Å²) in [6.07, 6.45) is 0. The highest BCUT2D eigenvalue weighted by molar-refractivity contribution is 5.95. The maximum atomic E-state index is 12.4. The number of hydrogen-bond acceptors (Lipinski definition) is 6. The van der Waals surface area contributed by atoms with Gasteiger partial charge in [-0.2, -0.15) is 0 Å². The molecule has 0 spiro atoms. The van der Waals surface area contributed by atoms with E-state index in [0.29, 0.717) is 36.9 Å². The van der Waals surface area contributed by atoms with Gasteiger partial charge in [-0.15, -0.1) is 0 Å². The molecular weight excluding hydrogens is 456 g/mol. The van der Waals surface area contributed by atoms with Gasteiger partial charge in [-0.1, -0.05) is 42.5 Å². The molecule has 2 heterocycles. The Hall–Kier alpha value is -4.10. The number of hydrogen-bond donors (Lipinski definition) is 0. The van der Waals surface area contributed by atoms with Crippen LogP contribution in [0.3, 0.4) is 0 Å². The van der Waals surface area contributed by atoms with Gasteiger partial charge in [-0.3, -0.25) is 4.79 Å². The van der Waals surface area contributed by atoms with Crippen LogP contribution in [-0.2, 0) is 22.7 Å². The molecule has 0 saturated carbocycles. The molecule has 5 rings (SSSR count). The van der Waals surface area contributed by atoms with Crippen molar-refractivity contribution in [2.45, 2.75) is 20.1 Å². The number of ether oxygens (including phenoxy) is 4. The number of rotatable bonds is 8. The quantitative estimate of drug-likeness (QED) is 0.348. The van der Waals surface area contributed by atoms with Gasteiger partial charge in [-0.25, -0.2) is 4.98 Å². The summed E-state index contributed by atoms with van der Waals surface area (Å²) in [5.74, 6) is 1.91. The molecule has 184 valence electrons. The van der Waals surface area contributed by atoms with E-state index in [1.807, 2.05) is 73.7 Å². The first-order chi connectivity index (χ1) is 17.6. The minimum Gasteiger partial charge on any atom is -0.497 e. The van der Waals surface area contributed by atoms with Gasteiger partial charge >= 0.3 is 0 Å². The highest BCUT2D eigenvalue weighted by Gasteiger charge is 2.22. The molecule has 0 bridgehead atoms. The molecule has 0 radical (unpaired) electrons. The summed E-state index contributed by atoms with van der Waals surface area (Å²) < 4.78 is 23.2. The first-order valence-corrected chi connectivity index (χ1v) is 11.9. The lowest BCUT2D eigenvalue weighted by Gasteiger charge is -2.27. The molecular formula is C29H28N2O5. The van der Waals surface area contributed by atoms with Crippen LogP contribution in [0.1, 0.15) is 16.8 Å². The second-order valence-electron chi connectivity index (χ2n) is 8.56. The van der Waals surface area contributed by atoms with Gasteiger partial charge in [0.2, 0.25) is 0 Å². The van der Waals surface area contributed by atoms with Gasteiger partial charge in [0.25, 0.3) is 5.91 Å². The normalized spacial score (nSPS) is 13.6. The molecule has 1 aliphatic rings. The van der Waals surface area contributed by atoms with Crippen LogP contribution in [0.25, 0.3) is 10.9 Å². The maximum Gasteiger partial charge on any atom is 0.253 e. The zero-order chi connectivity index (χ0) is 24.9. The minimum absolute atomic E-state index is 0.0688. The minimum atomic E-state index is -0.0901. The van der Waals surface area contributed by atoms with Crippen LogP contribution in [0, 0.1) is 6.92 Å². The highest BCUT2D eigenvalue weighted by atomic mass is 16.5. The molecule has 1 fully saturated rings. The van der Waals surface area contributed by atoms with Crippen molar-refractivity contribution in [3.05, 3.63) is 89.6 Å². The van der Waals surface area contributed by atoms with Crippen LogP contribution >= 0.6 is 0 Å². The number of pyridine rings is 1. The average Bonchev–Trinajstić information content (AvgIpc) is 2.92. The van der Waals surface area contributed by atoms with E-state index in [1.54, 1.807) is 18.1 Å². The molecule has 4 aromatic rings. The number of carbonyl (C=O) groups is 1. The summed E-state index contributed by atoms with van der Waals surface area (Å²) in [4.78, 5) is 18.9. The Bertz CT molecular complexity index is 1370. The Morgan fingerprint density at radius 1 is 0.944 bits per heavy atom. The molecule has 0 aliphatic carbocycles. The molecule has 0 atom stereocenters. The predicted octanol–water partition coefficient (Wildman–Crippen LogP) is 5.07. The summed E-state index contributed by atoms with van der Waals surface area (Å²) in [6, 6.07) is 23.5. The fraction of sp³-hybridized carbons (Fsp3) is 0.241. The van der Waals surface area contributed by atoms with E-state index < -0.39 is 0 Å². The number of morpholine rings is 1. The fourth-order valence-electron chi connectivity index (χ4n) is 4.24. The fourth-order valence-corrected chi connectivity index (χ4v) is 4.24. The van der Waals surface area contributed by atoms with E-state index in [0.717, 1.165) is 33.5 Å². The molecule has 1 amide bonds. The lowest BCUT2D eigenvalue weighted by atomic mass is 10.1. The average molecular weight is 485 g/mol. The third kappa shape index (κ3) is 5.11. The molecule has 0 N–H and O–H groups in total. The zero-order valence-corrected chi connectivity index (χ0v) is 20.4. The number of benzene rings is 3. The topological polar surface area (TPSA) is 70.1 Å². The Labute approximate surface area is 210 Å².